The normalized spacial score (nSPS) is 18.8. The molecule has 4 rings (SSSR count). The third-order valence-corrected chi connectivity index (χ3v) is 5.95. The molecule has 2 amide bonds. The van der Waals surface area contributed by atoms with Gasteiger partial charge in [-0.2, -0.15) is 8.78 Å². The van der Waals surface area contributed by atoms with Gasteiger partial charge in [-0.15, -0.1) is 10.2 Å². The molecule has 2 aliphatic rings. The van der Waals surface area contributed by atoms with Crippen LogP contribution < -0.4 is 15.4 Å². The fourth-order valence-electron chi connectivity index (χ4n) is 4.27. The summed E-state index contributed by atoms with van der Waals surface area (Å²) >= 11 is 0. The third kappa shape index (κ3) is 4.66. The van der Waals surface area contributed by atoms with Crippen LogP contribution in [0, 0.1) is 12.8 Å². The van der Waals surface area contributed by atoms with Crippen LogP contribution in [0.25, 0.3) is 0 Å². The topological polar surface area (TPSA) is 107 Å². The Morgan fingerprint density at radius 1 is 1.28 bits per heavy atom. The van der Waals surface area contributed by atoms with Crippen LogP contribution in [-0.2, 0) is 22.7 Å². The van der Waals surface area contributed by atoms with Gasteiger partial charge in [0, 0.05) is 31.6 Å². The van der Waals surface area contributed by atoms with Crippen molar-refractivity contribution >= 4 is 17.8 Å². The maximum atomic E-state index is 13.0. The lowest BCUT2D eigenvalue weighted by Crippen LogP contribution is -2.30. The van der Waals surface area contributed by atoms with Crippen molar-refractivity contribution < 1.29 is 23.1 Å². The fraction of sp³-hybridized carbons (Fsp3) is 0.524. The molecule has 9 nitrogen and oxygen atoms in total. The maximum Gasteiger partial charge on any atom is 0.387 e. The van der Waals surface area contributed by atoms with Gasteiger partial charge in [0.1, 0.15) is 5.75 Å². The maximum absolute atomic E-state index is 13.0. The first-order valence-corrected chi connectivity index (χ1v) is 10.6. The number of halogens is 2. The molecule has 1 aromatic heterocycles. The van der Waals surface area contributed by atoms with Crippen molar-refractivity contribution in [3.05, 3.63) is 35.2 Å². The van der Waals surface area contributed by atoms with E-state index in [0.717, 1.165) is 12.0 Å². The number of aromatic nitrogens is 3. The second-order valence-electron chi connectivity index (χ2n) is 8.24. The van der Waals surface area contributed by atoms with Gasteiger partial charge >= 0.3 is 6.61 Å². The number of hydrogen-bond donors (Lipinski definition) is 1. The first kappa shape index (κ1) is 22.0. The van der Waals surface area contributed by atoms with Crippen molar-refractivity contribution in [1.82, 2.24) is 19.7 Å². The Morgan fingerprint density at radius 2 is 2.09 bits per heavy atom. The molecule has 3 heterocycles. The predicted molar refractivity (Wildman–Crippen MR) is 111 cm³/mol. The van der Waals surface area contributed by atoms with Crippen molar-refractivity contribution in [2.45, 2.75) is 45.9 Å². The molecule has 172 valence electrons. The molecule has 2 aliphatic heterocycles. The fourth-order valence-corrected chi connectivity index (χ4v) is 4.27. The highest BCUT2D eigenvalue weighted by Gasteiger charge is 2.31. The van der Waals surface area contributed by atoms with Gasteiger partial charge in [-0.05, 0) is 25.8 Å². The van der Waals surface area contributed by atoms with Gasteiger partial charge in [0.15, 0.2) is 5.82 Å². The lowest BCUT2D eigenvalue weighted by molar-refractivity contribution is -0.128. The van der Waals surface area contributed by atoms with Gasteiger partial charge in [0.2, 0.25) is 17.8 Å². The number of rotatable bonds is 8. The minimum Gasteiger partial charge on any atom is -0.434 e. The van der Waals surface area contributed by atoms with Gasteiger partial charge in [0.05, 0.1) is 19.0 Å². The molecule has 11 heteroatoms. The molecule has 1 aromatic carbocycles. The molecule has 0 radical (unpaired) electrons. The van der Waals surface area contributed by atoms with Crippen LogP contribution in [0.4, 0.5) is 14.7 Å². The van der Waals surface area contributed by atoms with E-state index in [0.29, 0.717) is 49.8 Å². The van der Waals surface area contributed by atoms with Crippen LogP contribution in [0.3, 0.4) is 0 Å². The molecule has 2 N–H and O–H groups in total. The van der Waals surface area contributed by atoms with Crippen LogP contribution in [0.2, 0.25) is 0 Å². The highest BCUT2D eigenvalue weighted by atomic mass is 19.3. The van der Waals surface area contributed by atoms with E-state index in [1.54, 1.807) is 17.0 Å². The van der Waals surface area contributed by atoms with Crippen molar-refractivity contribution in [3.63, 3.8) is 0 Å². The molecular weight excluding hydrogens is 422 g/mol. The molecule has 2 fully saturated rings. The number of carbonyl (C=O) groups is 2. The van der Waals surface area contributed by atoms with Gasteiger partial charge < -0.3 is 20.3 Å². The number of nitrogens with zero attached hydrogens (tertiary/aromatic N) is 5. The summed E-state index contributed by atoms with van der Waals surface area (Å²) in [7, 11) is 0. The highest BCUT2D eigenvalue weighted by molar-refractivity contribution is 5.78. The molecule has 1 atom stereocenters. The van der Waals surface area contributed by atoms with Gasteiger partial charge in [-0.3, -0.25) is 14.2 Å². The van der Waals surface area contributed by atoms with Crippen LogP contribution in [0.1, 0.15) is 36.2 Å². The number of aryl methyl sites for hydroxylation is 1. The molecule has 0 aliphatic carbocycles. The molecule has 2 saturated heterocycles. The summed E-state index contributed by atoms with van der Waals surface area (Å²) < 4.78 is 32.5. The number of primary amides is 1. The average molecular weight is 448 g/mol. The number of carbonyl (C=O) groups excluding carboxylic acids is 2. The number of likely N-dealkylation sites (tertiary alicyclic amines) is 1. The monoisotopic (exact) mass is 448 g/mol. The molecule has 2 aromatic rings. The quantitative estimate of drug-likeness (QED) is 0.659. The van der Waals surface area contributed by atoms with Crippen molar-refractivity contribution in [1.29, 1.82) is 0 Å². The van der Waals surface area contributed by atoms with E-state index >= 15 is 0 Å². The van der Waals surface area contributed by atoms with E-state index < -0.39 is 6.61 Å². The first-order valence-electron chi connectivity index (χ1n) is 10.6. The number of hydrogen-bond acceptors (Lipinski definition) is 6. The highest BCUT2D eigenvalue weighted by Crippen LogP contribution is 2.28. The second-order valence-corrected chi connectivity index (χ2v) is 8.24. The smallest absolute Gasteiger partial charge is 0.387 e. The summed E-state index contributed by atoms with van der Waals surface area (Å²) in [6.45, 7) is 0.987. The zero-order valence-corrected chi connectivity index (χ0v) is 17.8. The number of amides is 2. The Hall–Kier alpha value is -3.24. The van der Waals surface area contributed by atoms with Crippen LogP contribution >= 0.6 is 0 Å². The van der Waals surface area contributed by atoms with Gasteiger partial charge in [0.25, 0.3) is 0 Å². The lowest BCUT2D eigenvalue weighted by atomic mass is 10.1. The van der Waals surface area contributed by atoms with Crippen LogP contribution in [0.15, 0.2) is 18.2 Å². The summed E-state index contributed by atoms with van der Waals surface area (Å²) in [4.78, 5) is 27.4. The Morgan fingerprint density at radius 3 is 2.75 bits per heavy atom. The van der Waals surface area contributed by atoms with E-state index in [1.807, 2.05) is 16.4 Å². The van der Waals surface area contributed by atoms with Crippen molar-refractivity contribution in [2.24, 2.45) is 11.7 Å². The van der Waals surface area contributed by atoms with E-state index in [-0.39, 0.29) is 36.6 Å². The molecule has 0 spiro atoms. The summed E-state index contributed by atoms with van der Waals surface area (Å²) in [5, 5.41) is 8.64. The Kier molecular flexibility index (Phi) is 6.24. The number of ether oxygens (including phenoxy) is 1. The zero-order valence-electron chi connectivity index (χ0n) is 17.8. The summed E-state index contributed by atoms with van der Waals surface area (Å²) in [5.74, 6) is 0.522. The minimum absolute atomic E-state index is 0.0494. The van der Waals surface area contributed by atoms with E-state index in [4.69, 9.17) is 10.5 Å². The molecule has 1 unspecified atom stereocenters. The number of nitrogens with two attached hydrogens (primary N) is 1. The first-order chi connectivity index (χ1) is 15.3. The van der Waals surface area contributed by atoms with E-state index in [9.17, 15) is 18.4 Å². The average Bonchev–Trinajstić information content (AvgIpc) is 3.45. The summed E-state index contributed by atoms with van der Waals surface area (Å²) in [6.07, 6.45) is 1.89. The number of alkyl halides is 2. The molecule has 32 heavy (non-hydrogen) atoms. The van der Waals surface area contributed by atoms with Crippen LogP contribution in [-0.4, -0.2) is 57.7 Å². The predicted octanol–water partition coefficient (Wildman–Crippen LogP) is 1.67. The third-order valence-electron chi connectivity index (χ3n) is 5.95. The second kappa shape index (κ2) is 9.09. The summed E-state index contributed by atoms with van der Waals surface area (Å²) in [6, 6.07) is 5.00. The number of benzene rings is 1. The van der Waals surface area contributed by atoms with Crippen molar-refractivity contribution in [2.75, 3.05) is 24.5 Å². The molecule has 0 saturated carbocycles. The summed E-state index contributed by atoms with van der Waals surface area (Å²) in [5.41, 5.74) is 6.91. The van der Waals surface area contributed by atoms with Crippen molar-refractivity contribution in [3.8, 4) is 5.75 Å². The standard InChI is InChI=1S/C21H26F2N6O3/c1-13-4-5-16(32-20(22)23)15(9-13)11-29-17(12-27-7-2-3-18(27)30)25-26-21(29)28-8-6-14(10-28)19(24)31/h4-5,9,14,20H,2-3,6-8,10-12H2,1H3,(H2,24,31). The zero-order chi connectivity index (χ0) is 22.8. The Labute approximate surface area is 184 Å². The molecule has 0 bridgehead atoms. The number of anilines is 1. The Balaban J connectivity index is 1.68. The minimum atomic E-state index is -2.95. The van der Waals surface area contributed by atoms with Gasteiger partial charge in [-0.1, -0.05) is 17.7 Å². The van der Waals surface area contributed by atoms with Gasteiger partial charge in [-0.25, -0.2) is 0 Å². The largest absolute Gasteiger partial charge is 0.434 e. The molecular formula is C21H26F2N6O3. The SMILES string of the molecule is Cc1ccc(OC(F)F)c(Cn2c(CN3CCCC3=O)nnc2N2CCC(C(N)=O)C2)c1. The van der Waals surface area contributed by atoms with E-state index in [2.05, 4.69) is 10.2 Å². The Bertz CT molecular complexity index is 1010. The van der Waals surface area contributed by atoms with Crippen LogP contribution in [0.5, 0.6) is 5.75 Å². The van der Waals surface area contributed by atoms with E-state index in [1.165, 1.54) is 6.07 Å². The lowest BCUT2D eigenvalue weighted by Gasteiger charge is -2.22.